The molecule has 0 aliphatic heterocycles. The Morgan fingerprint density at radius 1 is 1.25 bits per heavy atom. The van der Waals surface area contributed by atoms with Crippen molar-refractivity contribution in [1.82, 2.24) is 14.9 Å². The zero-order valence-electron chi connectivity index (χ0n) is 16.2. The third kappa shape index (κ3) is 4.29. The number of nitrogens with one attached hydrogen (secondary N) is 1. The van der Waals surface area contributed by atoms with Crippen molar-refractivity contribution < 1.29 is 4.79 Å². The van der Waals surface area contributed by atoms with Gasteiger partial charge in [-0.25, -0.2) is 9.97 Å². The summed E-state index contributed by atoms with van der Waals surface area (Å²) < 4.78 is 0. The quantitative estimate of drug-likeness (QED) is 0.656. The van der Waals surface area contributed by atoms with Crippen LogP contribution in [0, 0.1) is 0 Å². The normalized spacial score (nSPS) is 12.5. The van der Waals surface area contributed by atoms with Crippen molar-refractivity contribution in [2.75, 3.05) is 26.0 Å². The number of carbonyl (C=O) groups is 1. The van der Waals surface area contributed by atoms with Crippen molar-refractivity contribution in [3.05, 3.63) is 57.9 Å². The summed E-state index contributed by atoms with van der Waals surface area (Å²) in [4.78, 5) is 24.9. The van der Waals surface area contributed by atoms with E-state index in [4.69, 9.17) is 4.98 Å². The highest BCUT2D eigenvalue weighted by molar-refractivity contribution is 7.10. The molecule has 1 aliphatic rings. The Kier molecular flexibility index (Phi) is 5.50. The summed E-state index contributed by atoms with van der Waals surface area (Å²) in [5.41, 5.74) is 5.38. The first-order valence-corrected chi connectivity index (χ1v) is 10.4. The van der Waals surface area contributed by atoms with Crippen LogP contribution in [0.5, 0.6) is 0 Å². The van der Waals surface area contributed by atoms with E-state index >= 15 is 0 Å². The average molecular weight is 393 g/mol. The molecule has 144 valence electrons. The summed E-state index contributed by atoms with van der Waals surface area (Å²) in [6.07, 6.45) is 5.02. The molecule has 2 heterocycles. The van der Waals surface area contributed by atoms with Crippen molar-refractivity contribution >= 4 is 28.8 Å². The number of hydrogen-bond acceptors (Lipinski definition) is 6. The van der Waals surface area contributed by atoms with Crippen LogP contribution in [-0.2, 0) is 24.1 Å². The predicted molar refractivity (Wildman–Crippen MR) is 114 cm³/mol. The van der Waals surface area contributed by atoms with E-state index in [9.17, 15) is 4.79 Å². The fraction of sp³-hybridized carbons (Fsp3) is 0.318. The second-order valence-corrected chi connectivity index (χ2v) is 8.42. The summed E-state index contributed by atoms with van der Waals surface area (Å²) in [7, 11) is 3.96. The van der Waals surface area contributed by atoms with Crippen LogP contribution in [0.1, 0.15) is 22.4 Å². The largest absolute Gasteiger partial charge is 0.324 e. The lowest BCUT2D eigenvalue weighted by Crippen LogP contribution is -2.17. The molecule has 0 fully saturated rings. The lowest BCUT2D eigenvalue weighted by atomic mass is 9.96. The molecular weight excluding hydrogens is 368 g/mol. The highest BCUT2D eigenvalue weighted by Crippen LogP contribution is 2.35. The van der Waals surface area contributed by atoms with Crippen molar-refractivity contribution in [2.24, 2.45) is 0 Å². The Morgan fingerprint density at radius 3 is 3.00 bits per heavy atom. The zero-order valence-corrected chi connectivity index (χ0v) is 17.1. The number of nitrogens with zero attached hydrogens (tertiary/aromatic N) is 3. The van der Waals surface area contributed by atoms with Crippen LogP contribution in [0.4, 0.5) is 11.6 Å². The molecule has 0 unspecified atom stereocenters. The van der Waals surface area contributed by atoms with Gasteiger partial charge in [0.2, 0.25) is 5.95 Å². The van der Waals surface area contributed by atoms with Gasteiger partial charge in [-0.15, -0.1) is 11.3 Å². The summed E-state index contributed by atoms with van der Waals surface area (Å²) in [6, 6.07) is 10.1. The molecule has 0 atom stereocenters. The lowest BCUT2D eigenvalue weighted by molar-refractivity contribution is -0.118. The number of carbonyl (C=O) groups excluding carboxylic acids is 1. The van der Waals surface area contributed by atoms with E-state index in [0.29, 0.717) is 18.8 Å². The summed E-state index contributed by atoms with van der Waals surface area (Å²) in [5.74, 6) is 0.842. The van der Waals surface area contributed by atoms with Crippen LogP contribution in [0.3, 0.4) is 0 Å². The molecule has 1 N–H and O–H groups in total. The topological polar surface area (TPSA) is 58.1 Å². The standard InChI is InChI=1S/C22H24N4OS/c1-26(2)10-8-18(27)13-15-4-3-5-17(12-15)24-22-23-14-16-6-7-20-19(9-11-28-20)21(16)25-22/h3-5,9,11-12,14H,6-8,10,13H2,1-2H3,(H,23,24,25). The van der Waals surface area contributed by atoms with E-state index in [-0.39, 0.29) is 5.78 Å². The number of fused-ring (bicyclic) bond motifs is 3. The average Bonchev–Trinajstić information content (AvgIpc) is 3.16. The van der Waals surface area contributed by atoms with Crippen LogP contribution in [0.2, 0.25) is 0 Å². The van der Waals surface area contributed by atoms with Gasteiger partial charge in [-0.2, -0.15) is 0 Å². The van der Waals surface area contributed by atoms with E-state index in [1.165, 1.54) is 16.0 Å². The molecule has 0 amide bonds. The van der Waals surface area contributed by atoms with Gasteiger partial charge in [-0.1, -0.05) is 12.1 Å². The minimum atomic E-state index is 0.251. The van der Waals surface area contributed by atoms with Crippen LogP contribution in [0.25, 0.3) is 11.3 Å². The minimum absolute atomic E-state index is 0.251. The summed E-state index contributed by atoms with van der Waals surface area (Å²) in [6.45, 7) is 0.782. The Morgan fingerprint density at radius 2 is 2.14 bits per heavy atom. The van der Waals surface area contributed by atoms with Gasteiger partial charge < -0.3 is 10.2 Å². The van der Waals surface area contributed by atoms with Crippen molar-refractivity contribution in [3.8, 4) is 11.3 Å². The number of aromatic nitrogens is 2. The van der Waals surface area contributed by atoms with Crippen molar-refractivity contribution in [2.45, 2.75) is 25.7 Å². The zero-order chi connectivity index (χ0) is 19.5. The number of Topliss-reactive ketones (excluding diaryl/α,β-unsaturated/α-hetero) is 1. The molecule has 4 rings (SSSR count). The number of thiophene rings is 1. The number of ketones is 1. The Labute approximate surface area is 169 Å². The van der Waals surface area contributed by atoms with E-state index in [0.717, 1.165) is 36.3 Å². The molecule has 3 aromatic rings. The number of rotatable bonds is 7. The molecular formula is C22H24N4OS. The molecule has 2 aromatic heterocycles. The first kappa shape index (κ1) is 18.8. The molecule has 0 radical (unpaired) electrons. The van der Waals surface area contributed by atoms with Gasteiger partial charge in [0, 0.05) is 41.7 Å². The maximum absolute atomic E-state index is 12.2. The smallest absolute Gasteiger partial charge is 0.227 e. The van der Waals surface area contributed by atoms with Crippen LogP contribution >= 0.6 is 11.3 Å². The molecule has 6 heteroatoms. The van der Waals surface area contributed by atoms with Gasteiger partial charge in [-0.3, -0.25) is 4.79 Å². The number of benzene rings is 1. The predicted octanol–water partition coefficient (Wildman–Crippen LogP) is 4.11. The number of hydrogen-bond donors (Lipinski definition) is 1. The third-order valence-electron chi connectivity index (χ3n) is 4.91. The fourth-order valence-corrected chi connectivity index (χ4v) is 4.31. The van der Waals surface area contributed by atoms with Gasteiger partial charge >= 0.3 is 0 Å². The Balaban J connectivity index is 1.48. The highest BCUT2D eigenvalue weighted by Gasteiger charge is 2.19. The van der Waals surface area contributed by atoms with Gasteiger partial charge in [-0.05, 0) is 61.6 Å². The van der Waals surface area contributed by atoms with Crippen LogP contribution in [-0.4, -0.2) is 41.3 Å². The molecule has 0 saturated carbocycles. The molecule has 1 aliphatic carbocycles. The highest BCUT2D eigenvalue weighted by atomic mass is 32.1. The molecule has 0 saturated heterocycles. The fourth-order valence-electron chi connectivity index (χ4n) is 3.43. The van der Waals surface area contributed by atoms with Gasteiger partial charge in [0.15, 0.2) is 0 Å². The number of anilines is 2. The van der Waals surface area contributed by atoms with Crippen molar-refractivity contribution in [3.63, 3.8) is 0 Å². The first-order valence-electron chi connectivity index (χ1n) is 9.53. The Hall–Kier alpha value is -2.57. The maximum atomic E-state index is 12.2. The second kappa shape index (κ2) is 8.20. The third-order valence-corrected chi connectivity index (χ3v) is 5.89. The maximum Gasteiger partial charge on any atom is 0.227 e. The monoisotopic (exact) mass is 392 g/mol. The molecule has 1 aromatic carbocycles. The summed E-state index contributed by atoms with van der Waals surface area (Å²) >= 11 is 1.80. The SMILES string of the molecule is CN(C)CCC(=O)Cc1cccc(Nc2ncc3c(n2)-c2ccsc2CC3)c1. The van der Waals surface area contributed by atoms with Crippen molar-refractivity contribution in [1.29, 1.82) is 0 Å². The van der Waals surface area contributed by atoms with Gasteiger partial charge in [0.05, 0.1) is 5.69 Å². The molecule has 5 nitrogen and oxygen atoms in total. The Bertz CT molecular complexity index is 996. The van der Waals surface area contributed by atoms with Gasteiger partial charge in [0.25, 0.3) is 0 Å². The van der Waals surface area contributed by atoms with Crippen LogP contribution in [0.15, 0.2) is 41.9 Å². The van der Waals surface area contributed by atoms with E-state index in [2.05, 4.69) is 21.7 Å². The molecule has 0 bridgehead atoms. The van der Waals surface area contributed by atoms with E-state index in [1.807, 2.05) is 49.5 Å². The minimum Gasteiger partial charge on any atom is -0.324 e. The lowest BCUT2D eigenvalue weighted by Gasteiger charge is -2.16. The number of aryl methyl sites for hydroxylation is 2. The van der Waals surface area contributed by atoms with E-state index < -0.39 is 0 Å². The molecule has 0 spiro atoms. The van der Waals surface area contributed by atoms with E-state index in [1.54, 1.807) is 11.3 Å². The second-order valence-electron chi connectivity index (χ2n) is 7.42. The molecule has 28 heavy (non-hydrogen) atoms. The summed E-state index contributed by atoms with van der Waals surface area (Å²) in [5, 5.41) is 5.43. The van der Waals surface area contributed by atoms with Crippen LogP contribution < -0.4 is 5.32 Å². The first-order chi connectivity index (χ1) is 13.6. The van der Waals surface area contributed by atoms with Gasteiger partial charge in [0.1, 0.15) is 5.78 Å².